The highest BCUT2D eigenvalue weighted by atomic mass is 32.2. The fourth-order valence-corrected chi connectivity index (χ4v) is 3.34. The molecule has 1 saturated heterocycles. The van der Waals surface area contributed by atoms with Crippen LogP contribution in [-0.2, 0) is 11.2 Å². The van der Waals surface area contributed by atoms with E-state index in [1.54, 1.807) is 23.1 Å². The van der Waals surface area contributed by atoms with E-state index in [1.807, 2.05) is 0 Å². The molecule has 1 fully saturated rings. The summed E-state index contributed by atoms with van der Waals surface area (Å²) in [5.74, 6) is 1.90. The van der Waals surface area contributed by atoms with E-state index in [4.69, 9.17) is 0 Å². The highest BCUT2D eigenvalue weighted by Crippen LogP contribution is 2.11. The van der Waals surface area contributed by atoms with Crippen molar-refractivity contribution < 1.29 is 4.79 Å². The van der Waals surface area contributed by atoms with E-state index in [1.165, 1.54) is 5.56 Å². The molecule has 2 atom stereocenters. The van der Waals surface area contributed by atoms with Crippen molar-refractivity contribution in [2.75, 3.05) is 11.6 Å². The predicted octanol–water partition coefficient (Wildman–Crippen LogP) is 1.46. The summed E-state index contributed by atoms with van der Waals surface area (Å²) in [6, 6.07) is 2.31. The van der Waals surface area contributed by atoms with E-state index < -0.39 is 0 Å². The average molecular weight is 256 g/mol. The Morgan fingerprint density at radius 3 is 3.25 bits per heavy atom. The van der Waals surface area contributed by atoms with E-state index >= 15 is 0 Å². The Bertz CT molecular complexity index is 334. The summed E-state index contributed by atoms with van der Waals surface area (Å²) in [6.07, 6.45) is 0.912. The zero-order valence-corrected chi connectivity index (χ0v) is 10.9. The molecule has 88 valence electrons. The van der Waals surface area contributed by atoms with Gasteiger partial charge in [-0.05, 0) is 35.7 Å². The van der Waals surface area contributed by atoms with E-state index in [0.29, 0.717) is 0 Å². The van der Waals surface area contributed by atoms with Gasteiger partial charge in [0.1, 0.15) is 0 Å². The molecule has 2 unspecified atom stereocenters. The first kappa shape index (κ1) is 12.0. The third kappa shape index (κ3) is 3.23. The van der Waals surface area contributed by atoms with Crippen molar-refractivity contribution in [1.29, 1.82) is 0 Å². The summed E-state index contributed by atoms with van der Waals surface area (Å²) < 4.78 is 0. The molecular formula is C11H16N2OS2. The van der Waals surface area contributed by atoms with Crippen LogP contribution >= 0.6 is 23.1 Å². The standard InChI is InChI=1S/C11H16N2OS2/c1-8(4-9-2-3-15-5-9)13-11(14)10-6-16-7-12-10/h2-3,5,8,10,12H,4,6-7H2,1H3,(H,13,14). The smallest absolute Gasteiger partial charge is 0.238 e. The van der Waals surface area contributed by atoms with Gasteiger partial charge in [0, 0.05) is 17.7 Å². The Hall–Kier alpha value is -0.520. The van der Waals surface area contributed by atoms with Crippen molar-refractivity contribution in [3.05, 3.63) is 22.4 Å². The van der Waals surface area contributed by atoms with Gasteiger partial charge < -0.3 is 5.32 Å². The van der Waals surface area contributed by atoms with Crippen LogP contribution in [0.1, 0.15) is 12.5 Å². The van der Waals surface area contributed by atoms with Crippen molar-refractivity contribution in [1.82, 2.24) is 10.6 Å². The van der Waals surface area contributed by atoms with Crippen LogP contribution in [0.5, 0.6) is 0 Å². The molecule has 1 amide bonds. The van der Waals surface area contributed by atoms with E-state index in [-0.39, 0.29) is 18.0 Å². The summed E-state index contributed by atoms with van der Waals surface area (Å²) in [7, 11) is 0. The average Bonchev–Trinajstić information content (AvgIpc) is 2.88. The lowest BCUT2D eigenvalue weighted by Gasteiger charge is -2.16. The SMILES string of the molecule is CC(Cc1ccsc1)NC(=O)C1CSCN1. The van der Waals surface area contributed by atoms with Gasteiger partial charge in [-0.3, -0.25) is 10.1 Å². The normalized spacial score (nSPS) is 21.9. The molecule has 0 radical (unpaired) electrons. The Balaban J connectivity index is 1.78. The first-order valence-corrected chi connectivity index (χ1v) is 7.48. The minimum Gasteiger partial charge on any atom is -0.352 e. The Labute approximate surface area is 104 Å². The molecule has 1 aliphatic rings. The number of hydrogen-bond acceptors (Lipinski definition) is 4. The first-order chi connectivity index (χ1) is 7.75. The molecule has 2 heterocycles. The van der Waals surface area contributed by atoms with Crippen LogP contribution in [0.3, 0.4) is 0 Å². The maximum Gasteiger partial charge on any atom is 0.238 e. The Morgan fingerprint density at radius 2 is 2.62 bits per heavy atom. The molecule has 2 N–H and O–H groups in total. The summed E-state index contributed by atoms with van der Waals surface area (Å²) in [5.41, 5.74) is 1.30. The first-order valence-electron chi connectivity index (χ1n) is 5.38. The summed E-state index contributed by atoms with van der Waals surface area (Å²) in [6.45, 7) is 2.05. The zero-order valence-electron chi connectivity index (χ0n) is 9.23. The number of carbonyl (C=O) groups is 1. The second-order valence-corrected chi connectivity index (χ2v) is 5.83. The second kappa shape index (κ2) is 5.70. The quantitative estimate of drug-likeness (QED) is 0.857. The number of thioether (sulfide) groups is 1. The van der Waals surface area contributed by atoms with Crippen molar-refractivity contribution >= 4 is 29.0 Å². The molecule has 1 aromatic rings. The van der Waals surface area contributed by atoms with Crippen LogP contribution in [0.15, 0.2) is 16.8 Å². The van der Waals surface area contributed by atoms with Crippen LogP contribution in [0.25, 0.3) is 0 Å². The summed E-state index contributed by atoms with van der Waals surface area (Å²) in [4.78, 5) is 11.8. The number of nitrogens with one attached hydrogen (secondary N) is 2. The lowest BCUT2D eigenvalue weighted by Crippen LogP contribution is -2.46. The lowest BCUT2D eigenvalue weighted by atomic mass is 10.1. The van der Waals surface area contributed by atoms with Gasteiger partial charge in [0.15, 0.2) is 0 Å². The van der Waals surface area contributed by atoms with E-state index in [2.05, 4.69) is 34.4 Å². The van der Waals surface area contributed by atoms with Gasteiger partial charge >= 0.3 is 0 Å². The Morgan fingerprint density at radius 1 is 1.75 bits per heavy atom. The fourth-order valence-electron chi connectivity index (χ4n) is 1.72. The lowest BCUT2D eigenvalue weighted by molar-refractivity contribution is -0.123. The van der Waals surface area contributed by atoms with E-state index in [9.17, 15) is 4.79 Å². The number of amides is 1. The molecule has 3 nitrogen and oxygen atoms in total. The molecule has 1 aromatic heterocycles. The van der Waals surface area contributed by atoms with Crippen LogP contribution in [-0.4, -0.2) is 29.6 Å². The fraction of sp³-hybridized carbons (Fsp3) is 0.545. The summed E-state index contributed by atoms with van der Waals surface area (Å²) >= 11 is 3.47. The van der Waals surface area contributed by atoms with Crippen molar-refractivity contribution in [2.45, 2.75) is 25.4 Å². The maximum absolute atomic E-state index is 11.8. The molecule has 0 saturated carbocycles. The minimum absolute atomic E-state index is 0.00470. The topological polar surface area (TPSA) is 41.1 Å². The van der Waals surface area contributed by atoms with Gasteiger partial charge in [-0.25, -0.2) is 0 Å². The molecule has 1 aliphatic heterocycles. The molecule has 0 bridgehead atoms. The van der Waals surface area contributed by atoms with Crippen molar-refractivity contribution in [3.8, 4) is 0 Å². The third-order valence-corrected chi connectivity index (χ3v) is 4.22. The van der Waals surface area contributed by atoms with Crippen molar-refractivity contribution in [3.63, 3.8) is 0 Å². The van der Waals surface area contributed by atoms with Gasteiger partial charge in [0.25, 0.3) is 0 Å². The second-order valence-electron chi connectivity index (χ2n) is 4.02. The van der Waals surface area contributed by atoms with Gasteiger partial charge in [-0.15, -0.1) is 11.8 Å². The van der Waals surface area contributed by atoms with Gasteiger partial charge in [-0.2, -0.15) is 11.3 Å². The third-order valence-electron chi connectivity index (χ3n) is 2.54. The molecule has 16 heavy (non-hydrogen) atoms. The molecule has 0 aromatic carbocycles. The van der Waals surface area contributed by atoms with Gasteiger partial charge in [0.2, 0.25) is 5.91 Å². The van der Waals surface area contributed by atoms with Crippen molar-refractivity contribution in [2.24, 2.45) is 0 Å². The van der Waals surface area contributed by atoms with Crippen LogP contribution < -0.4 is 10.6 Å². The zero-order chi connectivity index (χ0) is 11.4. The van der Waals surface area contributed by atoms with Gasteiger partial charge in [0.05, 0.1) is 6.04 Å². The van der Waals surface area contributed by atoms with E-state index in [0.717, 1.165) is 18.1 Å². The van der Waals surface area contributed by atoms with Crippen LogP contribution in [0.4, 0.5) is 0 Å². The summed E-state index contributed by atoms with van der Waals surface area (Å²) in [5, 5.41) is 10.4. The molecule has 0 spiro atoms. The largest absolute Gasteiger partial charge is 0.352 e. The predicted molar refractivity (Wildman–Crippen MR) is 69.9 cm³/mol. The molecule has 0 aliphatic carbocycles. The molecule has 5 heteroatoms. The number of rotatable bonds is 4. The number of hydrogen-bond donors (Lipinski definition) is 2. The highest BCUT2D eigenvalue weighted by molar-refractivity contribution is 7.99. The van der Waals surface area contributed by atoms with Crippen LogP contribution in [0, 0.1) is 0 Å². The minimum atomic E-state index is -0.00470. The monoisotopic (exact) mass is 256 g/mol. The molecule has 2 rings (SSSR count). The number of thiophene rings is 1. The van der Waals surface area contributed by atoms with Gasteiger partial charge in [-0.1, -0.05) is 0 Å². The maximum atomic E-state index is 11.8. The number of carbonyl (C=O) groups excluding carboxylic acids is 1. The van der Waals surface area contributed by atoms with Crippen LogP contribution in [0.2, 0.25) is 0 Å². The molecular weight excluding hydrogens is 240 g/mol. The Kier molecular flexibility index (Phi) is 4.26. The highest BCUT2D eigenvalue weighted by Gasteiger charge is 2.23.